The second kappa shape index (κ2) is 16.1. The lowest BCUT2D eigenvalue weighted by Crippen LogP contribution is -2.35. The summed E-state index contributed by atoms with van der Waals surface area (Å²) in [5.74, 6) is 1.02. The minimum Gasteiger partial charge on any atom is -0.506 e. The first-order valence-corrected chi connectivity index (χ1v) is 16.1. The molecule has 2 amide bonds. The van der Waals surface area contributed by atoms with Crippen LogP contribution >= 0.6 is 0 Å². The number of carbonyl (C=O) groups excluding carboxylic acids is 1. The number of carboxylic acid groups (broad SMARTS) is 1. The molecule has 47 heavy (non-hydrogen) atoms. The maximum Gasteiger partial charge on any atom is 0.405 e. The Labute approximate surface area is 273 Å². The van der Waals surface area contributed by atoms with E-state index in [4.69, 9.17) is 4.74 Å². The molecule has 1 fully saturated rings. The number of hydrogen-bond donors (Lipinski definition) is 7. The number of rotatable bonds is 14. The van der Waals surface area contributed by atoms with E-state index in [1.807, 2.05) is 54.6 Å². The topological polar surface area (TPSA) is 173 Å². The molecule has 1 aromatic heterocycles. The zero-order chi connectivity index (χ0) is 33.2. The van der Waals surface area contributed by atoms with Crippen molar-refractivity contribution in [1.82, 2.24) is 20.9 Å². The van der Waals surface area contributed by atoms with Gasteiger partial charge in [-0.15, -0.1) is 0 Å². The first-order valence-electron chi connectivity index (χ1n) is 16.1. The van der Waals surface area contributed by atoms with Crippen LogP contribution in [0.3, 0.4) is 0 Å². The Kier molecular flexibility index (Phi) is 11.5. The SMILES string of the molecule is O=C(O)N[C@@H](c1ccccc1)c1cccc(OCC2CCC(C(=O)NCCCNCC(O)c3ccc(O)c4[nH]c(=O)ccc34)CC2)c1. The van der Waals surface area contributed by atoms with Gasteiger partial charge in [0, 0.05) is 30.5 Å². The Hall–Kier alpha value is -4.87. The Morgan fingerprint density at radius 2 is 1.68 bits per heavy atom. The van der Waals surface area contributed by atoms with Gasteiger partial charge in [0.2, 0.25) is 11.5 Å². The maximum absolute atomic E-state index is 12.8. The number of hydrogen-bond acceptors (Lipinski definition) is 7. The number of aromatic nitrogens is 1. The molecule has 4 aromatic rings. The number of phenolic OH excluding ortho intramolecular Hbond substituents is 1. The minimum atomic E-state index is -1.10. The number of aliphatic hydroxyl groups excluding tert-OH is 1. The molecule has 7 N–H and O–H groups in total. The highest BCUT2D eigenvalue weighted by Gasteiger charge is 2.26. The average Bonchev–Trinajstić information content (AvgIpc) is 3.08. The zero-order valence-corrected chi connectivity index (χ0v) is 26.2. The summed E-state index contributed by atoms with van der Waals surface area (Å²) in [6.07, 6.45) is 2.16. The molecule has 248 valence electrons. The third-order valence-corrected chi connectivity index (χ3v) is 8.73. The molecule has 11 heteroatoms. The summed E-state index contributed by atoms with van der Waals surface area (Å²) in [4.78, 5) is 38.5. The van der Waals surface area contributed by atoms with Gasteiger partial charge in [-0.25, -0.2) is 4.79 Å². The Morgan fingerprint density at radius 3 is 2.45 bits per heavy atom. The van der Waals surface area contributed by atoms with Crippen molar-refractivity contribution in [2.75, 3.05) is 26.2 Å². The molecule has 1 heterocycles. The molecule has 11 nitrogen and oxygen atoms in total. The van der Waals surface area contributed by atoms with Gasteiger partial charge in [0.05, 0.1) is 24.3 Å². The van der Waals surface area contributed by atoms with Gasteiger partial charge in [-0.1, -0.05) is 48.5 Å². The number of aromatic hydroxyl groups is 1. The van der Waals surface area contributed by atoms with Crippen LogP contribution in [0, 0.1) is 11.8 Å². The Bertz CT molecular complexity index is 1700. The van der Waals surface area contributed by atoms with Crippen LogP contribution in [0.4, 0.5) is 4.79 Å². The van der Waals surface area contributed by atoms with Gasteiger partial charge in [-0.05, 0) is 85.5 Å². The van der Waals surface area contributed by atoms with Crippen molar-refractivity contribution >= 4 is 22.9 Å². The molecule has 2 atom stereocenters. The van der Waals surface area contributed by atoms with E-state index >= 15 is 0 Å². The highest BCUT2D eigenvalue weighted by Crippen LogP contribution is 2.31. The van der Waals surface area contributed by atoms with Crippen LogP contribution in [0.25, 0.3) is 10.9 Å². The molecular formula is C36H42N4O7. The molecule has 5 rings (SSSR count). The normalized spacial score (nSPS) is 17.5. The maximum atomic E-state index is 12.8. The van der Waals surface area contributed by atoms with Crippen LogP contribution in [0.15, 0.2) is 83.7 Å². The predicted molar refractivity (Wildman–Crippen MR) is 179 cm³/mol. The second-order valence-corrected chi connectivity index (χ2v) is 12.0. The minimum absolute atomic E-state index is 0.0210. The number of nitrogens with one attached hydrogen (secondary N) is 4. The van der Waals surface area contributed by atoms with Gasteiger partial charge in [-0.2, -0.15) is 0 Å². The monoisotopic (exact) mass is 642 g/mol. The molecule has 1 saturated carbocycles. The molecule has 0 bridgehead atoms. The van der Waals surface area contributed by atoms with Crippen LogP contribution in [-0.4, -0.2) is 58.5 Å². The van der Waals surface area contributed by atoms with E-state index in [1.165, 1.54) is 12.1 Å². The Morgan fingerprint density at radius 1 is 0.915 bits per heavy atom. The second-order valence-electron chi connectivity index (χ2n) is 12.0. The molecule has 1 unspecified atom stereocenters. The summed E-state index contributed by atoms with van der Waals surface area (Å²) in [5, 5.41) is 39.6. The summed E-state index contributed by atoms with van der Waals surface area (Å²) in [7, 11) is 0. The number of amides is 2. The van der Waals surface area contributed by atoms with Crippen molar-refractivity contribution in [1.29, 1.82) is 0 Å². The van der Waals surface area contributed by atoms with Gasteiger partial charge in [0.15, 0.2) is 0 Å². The third-order valence-electron chi connectivity index (χ3n) is 8.73. The summed E-state index contributed by atoms with van der Waals surface area (Å²) >= 11 is 0. The first-order chi connectivity index (χ1) is 22.8. The number of aromatic amines is 1. The molecule has 0 aliphatic heterocycles. The fraction of sp³-hybridized carbons (Fsp3) is 0.361. The van der Waals surface area contributed by atoms with Gasteiger partial charge in [0.25, 0.3) is 0 Å². The van der Waals surface area contributed by atoms with Crippen LogP contribution in [0.5, 0.6) is 11.5 Å². The highest BCUT2D eigenvalue weighted by atomic mass is 16.5. The molecule has 3 aromatic carbocycles. The first kappa shape index (κ1) is 33.5. The van der Waals surface area contributed by atoms with Crippen LogP contribution in [0.1, 0.15) is 60.9 Å². The molecular weight excluding hydrogens is 600 g/mol. The van der Waals surface area contributed by atoms with Crippen molar-refractivity contribution in [2.45, 2.75) is 44.2 Å². The lowest BCUT2D eigenvalue weighted by atomic mass is 9.82. The quantitative estimate of drug-likeness (QED) is 0.0978. The van der Waals surface area contributed by atoms with E-state index in [9.17, 15) is 29.7 Å². The van der Waals surface area contributed by atoms with E-state index in [1.54, 1.807) is 12.1 Å². The van der Waals surface area contributed by atoms with E-state index < -0.39 is 18.2 Å². The third kappa shape index (κ3) is 9.11. The van der Waals surface area contributed by atoms with Crippen LogP contribution in [0.2, 0.25) is 0 Å². The number of benzene rings is 3. The van der Waals surface area contributed by atoms with Gasteiger partial charge >= 0.3 is 6.09 Å². The van der Waals surface area contributed by atoms with E-state index in [2.05, 4.69) is 20.9 Å². The van der Waals surface area contributed by atoms with E-state index in [0.717, 1.165) is 36.8 Å². The smallest absolute Gasteiger partial charge is 0.405 e. The lowest BCUT2D eigenvalue weighted by molar-refractivity contribution is -0.126. The largest absolute Gasteiger partial charge is 0.506 e. The number of pyridine rings is 1. The van der Waals surface area contributed by atoms with Crippen molar-refractivity contribution in [3.63, 3.8) is 0 Å². The summed E-state index contributed by atoms with van der Waals surface area (Å²) in [5.41, 5.74) is 2.22. The Balaban J connectivity index is 0.996. The number of H-pyrrole nitrogens is 1. The molecule has 1 aliphatic carbocycles. The van der Waals surface area contributed by atoms with Gasteiger partial charge in [-0.3, -0.25) is 9.59 Å². The van der Waals surface area contributed by atoms with Crippen molar-refractivity contribution in [2.24, 2.45) is 11.8 Å². The van der Waals surface area contributed by atoms with Crippen LogP contribution in [-0.2, 0) is 4.79 Å². The lowest BCUT2D eigenvalue weighted by Gasteiger charge is -2.28. The number of aliphatic hydroxyl groups is 1. The van der Waals surface area contributed by atoms with Gasteiger partial charge in [0.1, 0.15) is 11.5 Å². The summed E-state index contributed by atoms with van der Waals surface area (Å²) in [6.45, 7) is 1.96. The highest BCUT2D eigenvalue weighted by molar-refractivity contribution is 5.87. The summed E-state index contributed by atoms with van der Waals surface area (Å²) in [6, 6.07) is 22.5. The van der Waals surface area contributed by atoms with Crippen molar-refractivity contribution < 1.29 is 29.6 Å². The predicted octanol–water partition coefficient (Wildman–Crippen LogP) is 4.61. The molecule has 0 spiro atoms. The van der Waals surface area contributed by atoms with E-state index in [0.29, 0.717) is 54.3 Å². The average molecular weight is 643 g/mol. The number of fused-ring (bicyclic) bond motifs is 1. The fourth-order valence-corrected chi connectivity index (χ4v) is 6.18. The zero-order valence-electron chi connectivity index (χ0n) is 26.2. The fourth-order valence-electron chi connectivity index (χ4n) is 6.18. The molecule has 0 saturated heterocycles. The number of phenols is 1. The summed E-state index contributed by atoms with van der Waals surface area (Å²) < 4.78 is 6.13. The van der Waals surface area contributed by atoms with Crippen molar-refractivity contribution in [3.05, 3.63) is 106 Å². The molecule has 0 radical (unpaired) electrons. The van der Waals surface area contributed by atoms with Crippen LogP contribution < -0.4 is 26.2 Å². The van der Waals surface area contributed by atoms with Crippen molar-refractivity contribution in [3.8, 4) is 11.5 Å². The number of carbonyl (C=O) groups is 2. The number of ether oxygens (including phenoxy) is 1. The standard InChI is InChI=1S/C36H42N4O7/c41-30-16-14-28(29-15-17-32(43)39-34(29)30)31(42)21-37-18-5-19-38-35(44)25-12-10-23(11-13-25)22-47-27-9-4-8-26(20-27)33(40-36(45)46)24-6-2-1-3-7-24/h1-4,6-9,14-17,20,23,25,31,33,37,40-42H,5,10-13,18-19,21-22H2,(H,38,44)(H,39,43)(H,45,46)/t23?,25?,31?,33-/m0/s1. The van der Waals surface area contributed by atoms with Gasteiger partial charge < -0.3 is 41.0 Å². The van der Waals surface area contributed by atoms with E-state index in [-0.39, 0.29) is 29.7 Å². The molecule has 1 aliphatic rings.